The van der Waals surface area contributed by atoms with Crippen molar-refractivity contribution in [3.05, 3.63) is 87.7 Å². The first kappa shape index (κ1) is 24.0. The molecule has 180 valence electrons. The number of nitrogens with zero attached hydrogens (tertiary/aromatic N) is 2. The van der Waals surface area contributed by atoms with E-state index in [9.17, 15) is 9.59 Å². The molecule has 0 aliphatic carbocycles. The van der Waals surface area contributed by atoms with E-state index >= 15 is 0 Å². The smallest absolute Gasteiger partial charge is 0.338 e. The van der Waals surface area contributed by atoms with E-state index in [1.807, 2.05) is 30.3 Å². The van der Waals surface area contributed by atoms with Crippen molar-refractivity contribution < 1.29 is 14.3 Å². The van der Waals surface area contributed by atoms with Crippen molar-refractivity contribution in [2.45, 2.75) is 13.0 Å². The molecule has 1 amide bonds. The molecule has 5 aromatic rings. The highest BCUT2D eigenvalue weighted by Crippen LogP contribution is 2.32. The van der Waals surface area contributed by atoms with Gasteiger partial charge in [-0.25, -0.2) is 14.8 Å². The van der Waals surface area contributed by atoms with Gasteiger partial charge in [-0.2, -0.15) is 0 Å². The third kappa shape index (κ3) is 5.11. The molecule has 0 fully saturated rings. The van der Waals surface area contributed by atoms with Gasteiger partial charge in [0, 0.05) is 21.5 Å². The SMILES string of the molecule is CC(OC(=O)c1ccc2nc(-c3ccccc3)[nH]c2c1)C(=O)Nc1nc(-c2ccc(Cl)cc2Cl)cs1. The average Bonchev–Trinajstić information content (AvgIpc) is 3.51. The summed E-state index contributed by atoms with van der Waals surface area (Å²) in [7, 11) is 0. The van der Waals surface area contributed by atoms with Crippen LogP contribution in [0.4, 0.5) is 5.13 Å². The molecule has 2 heterocycles. The largest absolute Gasteiger partial charge is 0.449 e. The van der Waals surface area contributed by atoms with Gasteiger partial charge in [0.2, 0.25) is 0 Å². The minimum Gasteiger partial charge on any atom is -0.449 e. The number of carbonyl (C=O) groups is 2. The number of hydrogen-bond acceptors (Lipinski definition) is 6. The second-order valence-corrected chi connectivity index (χ2v) is 9.58. The lowest BCUT2D eigenvalue weighted by atomic mass is 10.2. The standard InChI is InChI=1S/C26H18Cl2N4O3S/c1-14(24(33)32-26-31-22(13-36-26)18-9-8-17(27)12-19(18)28)35-25(34)16-7-10-20-21(11-16)30-23(29-20)15-5-3-2-4-6-15/h2-14H,1H3,(H,29,30)(H,31,32,33). The Bertz CT molecular complexity index is 1580. The zero-order valence-electron chi connectivity index (χ0n) is 18.8. The van der Waals surface area contributed by atoms with Crippen LogP contribution < -0.4 is 5.32 Å². The molecule has 0 saturated carbocycles. The Labute approximate surface area is 220 Å². The van der Waals surface area contributed by atoms with Crippen molar-refractivity contribution in [1.29, 1.82) is 0 Å². The minimum absolute atomic E-state index is 0.305. The zero-order chi connectivity index (χ0) is 25.2. The highest BCUT2D eigenvalue weighted by Gasteiger charge is 2.21. The van der Waals surface area contributed by atoms with Crippen molar-refractivity contribution in [1.82, 2.24) is 15.0 Å². The average molecular weight is 537 g/mol. The molecule has 1 atom stereocenters. The molecule has 0 aliphatic heterocycles. The van der Waals surface area contributed by atoms with Crippen LogP contribution in [0, 0.1) is 0 Å². The zero-order valence-corrected chi connectivity index (χ0v) is 21.1. The number of carbonyl (C=O) groups excluding carboxylic acids is 2. The lowest BCUT2D eigenvalue weighted by Gasteiger charge is -2.12. The summed E-state index contributed by atoms with van der Waals surface area (Å²) in [5, 5.41) is 5.78. The third-order valence-electron chi connectivity index (χ3n) is 5.36. The number of H-pyrrole nitrogens is 1. The summed E-state index contributed by atoms with van der Waals surface area (Å²) < 4.78 is 5.39. The molecule has 0 bridgehead atoms. The van der Waals surface area contributed by atoms with Crippen molar-refractivity contribution >= 4 is 62.6 Å². The van der Waals surface area contributed by atoms with E-state index in [1.54, 1.807) is 41.8 Å². The number of ether oxygens (including phenoxy) is 1. The van der Waals surface area contributed by atoms with Gasteiger partial charge in [0.25, 0.3) is 5.91 Å². The molecular formula is C26H18Cl2N4O3S. The molecule has 2 aromatic heterocycles. The van der Waals surface area contributed by atoms with Gasteiger partial charge in [0.15, 0.2) is 11.2 Å². The number of fused-ring (bicyclic) bond motifs is 1. The van der Waals surface area contributed by atoms with E-state index in [0.29, 0.717) is 43.3 Å². The number of anilines is 1. The van der Waals surface area contributed by atoms with Crippen molar-refractivity contribution in [2.24, 2.45) is 0 Å². The lowest BCUT2D eigenvalue weighted by molar-refractivity contribution is -0.123. The van der Waals surface area contributed by atoms with Crippen LogP contribution in [0.25, 0.3) is 33.7 Å². The Hall–Kier alpha value is -3.72. The number of benzene rings is 3. The van der Waals surface area contributed by atoms with E-state index in [2.05, 4.69) is 20.3 Å². The molecule has 7 nitrogen and oxygen atoms in total. The number of thiazole rings is 1. The first-order valence-corrected chi connectivity index (χ1v) is 12.5. The van der Waals surface area contributed by atoms with Gasteiger partial charge in [-0.3, -0.25) is 10.1 Å². The number of nitrogens with one attached hydrogen (secondary N) is 2. The van der Waals surface area contributed by atoms with Crippen LogP contribution in [0.5, 0.6) is 0 Å². The van der Waals surface area contributed by atoms with Crippen LogP contribution in [-0.4, -0.2) is 32.9 Å². The topological polar surface area (TPSA) is 97.0 Å². The van der Waals surface area contributed by atoms with E-state index in [-0.39, 0.29) is 0 Å². The Balaban J connectivity index is 1.24. The molecule has 0 aliphatic rings. The van der Waals surface area contributed by atoms with E-state index < -0.39 is 18.0 Å². The van der Waals surface area contributed by atoms with Crippen molar-refractivity contribution in [2.75, 3.05) is 5.32 Å². The number of hydrogen-bond donors (Lipinski definition) is 2. The van der Waals surface area contributed by atoms with Crippen LogP contribution in [0.15, 0.2) is 72.1 Å². The normalized spacial score (nSPS) is 11.9. The maximum atomic E-state index is 12.7. The Morgan fingerprint density at radius 1 is 1.03 bits per heavy atom. The number of aromatic nitrogens is 3. The molecule has 2 N–H and O–H groups in total. The van der Waals surface area contributed by atoms with Crippen molar-refractivity contribution in [3.63, 3.8) is 0 Å². The second kappa shape index (κ2) is 10.1. The fourth-order valence-corrected chi connectivity index (χ4v) is 4.73. The maximum Gasteiger partial charge on any atom is 0.338 e. The Morgan fingerprint density at radius 3 is 2.61 bits per heavy atom. The number of imidazole rings is 1. The summed E-state index contributed by atoms with van der Waals surface area (Å²) in [5.74, 6) is -0.421. The fraction of sp³-hybridized carbons (Fsp3) is 0.0769. The Kier molecular flexibility index (Phi) is 6.73. The number of aromatic amines is 1. The summed E-state index contributed by atoms with van der Waals surface area (Å²) in [6.45, 7) is 1.50. The molecule has 36 heavy (non-hydrogen) atoms. The van der Waals surface area contributed by atoms with Crippen LogP contribution in [0.2, 0.25) is 10.0 Å². The van der Waals surface area contributed by atoms with Gasteiger partial charge in [-0.1, -0.05) is 53.5 Å². The molecule has 0 radical (unpaired) electrons. The van der Waals surface area contributed by atoms with Gasteiger partial charge < -0.3 is 9.72 Å². The highest BCUT2D eigenvalue weighted by molar-refractivity contribution is 7.14. The monoisotopic (exact) mass is 536 g/mol. The van der Waals surface area contributed by atoms with Crippen LogP contribution in [0.3, 0.4) is 0 Å². The van der Waals surface area contributed by atoms with Gasteiger partial charge in [0.1, 0.15) is 5.82 Å². The van der Waals surface area contributed by atoms with Crippen LogP contribution in [0.1, 0.15) is 17.3 Å². The molecule has 1 unspecified atom stereocenters. The minimum atomic E-state index is -1.04. The maximum absolute atomic E-state index is 12.7. The molecule has 5 rings (SSSR count). The molecule has 0 spiro atoms. The van der Waals surface area contributed by atoms with Gasteiger partial charge in [0.05, 0.1) is 27.3 Å². The van der Waals surface area contributed by atoms with Crippen molar-refractivity contribution in [3.8, 4) is 22.6 Å². The highest BCUT2D eigenvalue weighted by atomic mass is 35.5. The molecule has 10 heteroatoms. The summed E-state index contributed by atoms with van der Waals surface area (Å²) in [6, 6.07) is 19.8. The van der Waals surface area contributed by atoms with E-state index in [0.717, 1.165) is 11.1 Å². The van der Waals surface area contributed by atoms with Crippen LogP contribution >= 0.6 is 34.5 Å². The third-order valence-corrected chi connectivity index (χ3v) is 6.66. The lowest BCUT2D eigenvalue weighted by Crippen LogP contribution is -2.29. The first-order chi connectivity index (χ1) is 17.4. The number of amides is 1. The van der Waals surface area contributed by atoms with E-state index in [4.69, 9.17) is 27.9 Å². The summed E-state index contributed by atoms with van der Waals surface area (Å²) in [5.41, 5.74) is 3.95. The first-order valence-electron chi connectivity index (χ1n) is 10.9. The van der Waals surface area contributed by atoms with Gasteiger partial charge >= 0.3 is 5.97 Å². The van der Waals surface area contributed by atoms with Crippen LogP contribution in [-0.2, 0) is 9.53 Å². The number of esters is 1. The molecule has 3 aromatic carbocycles. The van der Waals surface area contributed by atoms with Gasteiger partial charge in [-0.15, -0.1) is 11.3 Å². The predicted octanol–water partition coefficient (Wildman–Crippen LogP) is 6.84. The second-order valence-electron chi connectivity index (χ2n) is 7.88. The number of halogens is 2. The van der Waals surface area contributed by atoms with Gasteiger partial charge in [-0.05, 0) is 43.3 Å². The molecule has 0 saturated heterocycles. The predicted molar refractivity (Wildman–Crippen MR) is 143 cm³/mol. The summed E-state index contributed by atoms with van der Waals surface area (Å²) in [6.07, 6.45) is -1.04. The quantitative estimate of drug-likeness (QED) is 0.231. The fourth-order valence-electron chi connectivity index (χ4n) is 3.51. The van der Waals surface area contributed by atoms with E-state index in [1.165, 1.54) is 18.3 Å². The molecular weight excluding hydrogens is 519 g/mol. The summed E-state index contributed by atoms with van der Waals surface area (Å²) in [4.78, 5) is 37.5. The number of rotatable bonds is 6. The Morgan fingerprint density at radius 2 is 1.83 bits per heavy atom. The summed E-state index contributed by atoms with van der Waals surface area (Å²) >= 11 is 13.4.